The predicted molar refractivity (Wildman–Crippen MR) is 114 cm³/mol. The fourth-order valence-corrected chi connectivity index (χ4v) is 5.38. The Kier molecular flexibility index (Phi) is 7.60. The number of carbonyl (C=O) groups is 1. The van der Waals surface area contributed by atoms with Crippen molar-refractivity contribution < 1.29 is 28.9 Å². The normalized spacial score (nSPS) is 24.6. The van der Waals surface area contributed by atoms with E-state index in [2.05, 4.69) is 0 Å². The molecule has 0 bridgehead atoms. The van der Waals surface area contributed by atoms with Crippen molar-refractivity contribution >= 4 is 27.4 Å². The summed E-state index contributed by atoms with van der Waals surface area (Å²) >= 11 is 1.50. The number of halogens is 2. The topological polar surface area (TPSA) is 77.8 Å². The highest BCUT2D eigenvalue weighted by molar-refractivity contribution is 7.19. The van der Waals surface area contributed by atoms with Crippen molar-refractivity contribution in [3.05, 3.63) is 47.4 Å². The van der Waals surface area contributed by atoms with Crippen LogP contribution in [0.3, 0.4) is 0 Å². The van der Waals surface area contributed by atoms with E-state index in [9.17, 15) is 23.8 Å². The van der Waals surface area contributed by atoms with Crippen molar-refractivity contribution in [2.24, 2.45) is 11.8 Å². The number of unbranched alkanes of at least 4 members (excludes halogenated alkanes) is 1. The first-order chi connectivity index (χ1) is 14.3. The highest BCUT2D eigenvalue weighted by Gasteiger charge is 2.53. The Morgan fingerprint density at radius 1 is 1.30 bits per heavy atom. The molecule has 2 aromatic rings. The lowest BCUT2D eigenvalue weighted by Gasteiger charge is -2.24. The zero-order valence-electron chi connectivity index (χ0n) is 16.7. The van der Waals surface area contributed by atoms with Crippen LogP contribution in [0.2, 0.25) is 0 Å². The van der Waals surface area contributed by atoms with Gasteiger partial charge in [0.1, 0.15) is 0 Å². The fourth-order valence-electron chi connectivity index (χ4n) is 4.29. The predicted octanol–water partition coefficient (Wildman–Crippen LogP) is 5.55. The molecular weight excluding hydrogens is 410 g/mol. The van der Waals surface area contributed by atoms with Gasteiger partial charge in [0, 0.05) is 28.3 Å². The van der Waals surface area contributed by atoms with Crippen molar-refractivity contribution in [1.29, 1.82) is 0 Å². The van der Waals surface area contributed by atoms with E-state index in [4.69, 9.17) is 5.11 Å². The third-order valence-electron chi connectivity index (χ3n) is 5.90. The molecule has 1 aliphatic carbocycles. The number of hydrogen-bond acceptors (Lipinski definition) is 4. The lowest BCUT2D eigenvalue weighted by atomic mass is 9.85. The van der Waals surface area contributed by atoms with E-state index >= 15 is 0 Å². The Bertz CT molecular complexity index is 846. The fraction of sp³-hybridized carbons (Fsp3) is 0.522. The van der Waals surface area contributed by atoms with Crippen LogP contribution in [0.15, 0.2) is 42.5 Å². The van der Waals surface area contributed by atoms with Gasteiger partial charge in [-0.15, -0.1) is 11.3 Å². The van der Waals surface area contributed by atoms with E-state index in [0.29, 0.717) is 25.7 Å². The summed E-state index contributed by atoms with van der Waals surface area (Å²) in [5, 5.41) is 30.5. The molecule has 30 heavy (non-hydrogen) atoms. The van der Waals surface area contributed by atoms with Gasteiger partial charge in [0.2, 0.25) is 0 Å². The Morgan fingerprint density at radius 2 is 2.07 bits per heavy atom. The molecule has 1 heterocycles. The smallest absolute Gasteiger partial charge is 0.303 e. The van der Waals surface area contributed by atoms with E-state index in [0.717, 1.165) is 15.0 Å². The molecule has 3 N–H and O–H groups in total. The highest BCUT2D eigenvalue weighted by Crippen LogP contribution is 2.49. The minimum absolute atomic E-state index is 0.0564. The van der Waals surface area contributed by atoms with Gasteiger partial charge >= 0.3 is 5.97 Å². The Hall–Kier alpha value is -1.83. The van der Waals surface area contributed by atoms with Crippen LogP contribution in [0.5, 0.6) is 0 Å². The number of alkyl halides is 2. The van der Waals surface area contributed by atoms with Crippen LogP contribution < -0.4 is 0 Å². The highest BCUT2D eigenvalue weighted by atomic mass is 32.1. The molecule has 4 atom stereocenters. The summed E-state index contributed by atoms with van der Waals surface area (Å²) in [4.78, 5) is 11.3. The zero-order chi connectivity index (χ0) is 21.7. The number of aliphatic carboxylic acids is 1. The first kappa shape index (κ1) is 22.8. The maximum Gasteiger partial charge on any atom is 0.303 e. The number of rotatable bonds is 10. The standard InChI is InChI=1S/C23H28F2O4S/c24-23(25)14-19(27)16(17(23)8-3-1-2-4-10-22(28)29)11-12-18(26)21-13-15-7-5-6-9-20(15)30-21/h1,3,5-7,9,13,16-19,26-27H,2,4,8,10-12,14H2,(H,28,29)/t16-,17-,18-,19-/m1/s1. The number of allylic oxidation sites excluding steroid dienone is 2. The van der Waals surface area contributed by atoms with Gasteiger partial charge in [-0.1, -0.05) is 30.4 Å². The molecule has 1 aromatic heterocycles. The SMILES string of the molecule is O=C(O)CCCC=CC[C@@H]1[C@@H](CC[C@@H](O)c2cc3ccccc3s2)[C@H](O)CC1(F)F. The van der Waals surface area contributed by atoms with Gasteiger partial charge in [0.25, 0.3) is 5.92 Å². The van der Waals surface area contributed by atoms with Gasteiger partial charge < -0.3 is 15.3 Å². The zero-order valence-corrected chi connectivity index (χ0v) is 17.5. The molecular formula is C23H28F2O4S. The van der Waals surface area contributed by atoms with Crippen LogP contribution in [0.4, 0.5) is 8.78 Å². The van der Waals surface area contributed by atoms with Crippen LogP contribution in [0.25, 0.3) is 10.1 Å². The van der Waals surface area contributed by atoms with Crippen LogP contribution >= 0.6 is 11.3 Å². The second-order valence-electron chi connectivity index (χ2n) is 8.08. The summed E-state index contributed by atoms with van der Waals surface area (Å²) in [5.41, 5.74) is 0. The number of benzene rings is 1. The van der Waals surface area contributed by atoms with Gasteiger partial charge in [0.15, 0.2) is 0 Å². The molecule has 0 spiro atoms. The van der Waals surface area contributed by atoms with Crippen LogP contribution in [0.1, 0.15) is 55.9 Å². The number of aliphatic hydroxyl groups excluding tert-OH is 2. The van der Waals surface area contributed by atoms with Crippen LogP contribution in [0, 0.1) is 11.8 Å². The molecule has 1 saturated carbocycles. The van der Waals surface area contributed by atoms with Gasteiger partial charge in [-0.05, 0) is 55.5 Å². The Labute approximate surface area is 178 Å². The maximum absolute atomic E-state index is 14.4. The number of fused-ring (bicyclic) bond motifs is 1. The largest absolute Gasteiger partial charge is 0.481 e. The molecule has 0 aliphatic heterocycles. The second-order valence-corrected chi connectivity index (χ2v) is 9.19. The van der Waals surface area contributed by atoms with Crippen molar-refractivity contribution in [3.63, 3.8) is 0 Å². The van der Waals surface area contributed by atoms with E-state index < -0.39 is 42.4 Å². The molecule has 0 unspecified atom stereocenters. The molecule has 0 amide bonds. The molecule has 0 radical (unpaired) electrons. The molecule has 164 valence electrons. The minimum atomic E-state index is -2.95. The number of thiophene rings is 1. The van der Waals surface area contributed by atoms with Crippen molar-refractivity contribution in [2.75, 3.05) is 0 Å². The molecule has 1 fully saturated rings. The lowest BCUT2D eigenvalue weighted by molar-refractivity contribution is -0.137. The summed E-state index contributed by atoms with van der Waals surface area (Å²) in [6, 6.07) is 9.76. The van der Waals surface area contributed by atoms with Gasteiger partial charge in [-0.25, -0.2) is 8.78 Å². The van der Waals surface area contributed by atoms with E-state index in [1.807, 2.05) is 30.3 Å². The minimum Gasteiger partial charge on any atom is -0.481 e. The van der Waals surface area contributed by atoms with Gasteiger partial charge in [-0.3, -0.25) is 4.79 Å². The number of hydrogen-bond donors (Lipinski definition) is 3. The van der Waals surface area contributed by atoms with Crippen molar-refractivity contribution in [1.82, 2.24) is 0 Å². The summed E-state index contributed by atoms with van der Waals surface area (Å²) in [6.45, 7) is 0. The summed E-state index contributed by atoms with van der Waals surface area (Å²) < 4.78 is 30.0. The molecule has 1 aromatic carbocycles. The van der Waals surface area contributed by atoms with Crippen LogP contribution in [-0.4, -0.2) is 33.3 Å². The molecule has 3 rings (SSSR count). The number of carboxylic acid groups (broad SMARTS) is 1. The third kappa shape index (κ3) is 5.65. The second kappa shape index (κ2) is 9.98. The average Bonchev–Trinajstić information content (AvgIpc) is 3.20. The van der Waals surface area contributed by atoms with Gasteiger partial charge in [-0.2, -0.15) is 0 Å². The Morgan fingerprint density at radius 3 is 2.80 bits per heavy atom. The molecule has 7 heteroatoms. The Balaban J connectivity index is 1.57. The average molecular weight is 439 g/mol. The molecule has 4 nitrogen and oxygen atoms in total. The summed E-state index contributed by atoms with van der Waals surface area (Å²) in [5.74, 6) is -5.37. The third-order valence-corrected chi connectivity index (χ3v) is 7.12. The molecule has 1 aliphatic rings. The van der Waals surface area contributed by atoms with Crippen molar-refractivity contribution in [3.8, 4) is 0 Å². The number of aliphatic hydroxyl groups is 2. The maximum atomic E-state index is 14.4. The van der Waals surface area contributed by atoms with E-state index in [1.165, 1.54) is 11.3 Å². The summed E-state index contributed by atoms with van der Waals surface area (Å²) in [6.07, 6.45) is 2.89. The first-order valence-electron chi connectivity index (χ1n) is 10.4. The monoisotopic (exact) mass is 438 g/mol. The molecule has 0 saturated heterocycles. The van der Waals surface area contributed by atoms with E-state index in [-0.39, 0.29) is 12.8 Å². The lowest BCUT2D eigenvalue weighted by Crippen LogP contribution is -2.26. The summed E-state index contributed by atoms with van der Waals surface area (Å²) in [7, 11) is 0. The number of carboxylic acids is 1. The first-order valence-corrected chi connectivity index (χ1v) is 11.2. The quantitative estimate of drug-likeness (QED) is 0.336. The van der Waals surface area contributed by atoms with Crippen LogP contribution in [-0.2, 0) is 4.79 Å². The van der Waals surface area contributed by atoms with Gasteiger partial charge in [0.05, 0.1) is 12.2 Å². The van der Waals surface area contributed by atoms with E-state index in [1.54, 1.807) is 12.2 Å². The van der Waals surface area contributed by atoms with Crippen molar-refractivity contribution in [2.45, 2.75) is 63.1 Å².